The van der Waals surface area contributed by atoms with E-state index in [2.05, 4.69) is 34.5 Å². The highest BCUT2D eigenvalue weighted by Gasteiger charge is 2.17. The van der Waals surface area contributed by atoms with Gasteiger partial charge in [0.2, 0.25) is 7.98 Å². The molecule has 0 saturated heterocycles. The molecule has 0 unspecified atom stereocenters. The molecule has 0 fully saturated rings. The number of nitriles is 1. The van der Waals surface area contributed by atoms with Crippen LogP contribution in [0.4, 0.5) is 5.69 Å². The molecule has 0 aromatic heterocycles. The SMILES string of the molecule is [B]N(C)NN(CC#CCC1=CC2=C(CCS2)N=C(N)C1)c1cccc(C#N)c1. The molecule has 1 aromatic rings. The van der Waals surface area contributed by atoms with Crippen molar-refractivity contribution >= 4 is 31.3 Å². The van der Waals surface area contributed by atoms with Crippen LogP contribution in [0.2, 0.25) is 0 Å². The zero-order chi connectivity index (χ0) is 19.9. The first-order valence-corrected chi connectivity index (χ1v) is 9.90. The quantitative estimate of drug-likeness (QED) is 0.458. The van der Waals surface area contributed by atoms with Crippen LogP contribution in [0.1, 0.15) is 24.8 Å². The summed E-state index contributed by atoms with van der Waals surface area (Å²) < 4.78 is 0. The van der Waals surface area contributed by atoms with Crippen LogP contribution in [0.15, 0.2) is 51.5 Å². The summed E-state index contributed by atoms with van der Waals surface area (Å²) in [5.41, 5.74) is 12.7. The number of aliphatic imine (C=N–C) groups is 1. The number of amidine groups is 1. The number of hydrogen-bond acceptors (Lipinski definition) is 7. The van der Waals surface area contributed by atoms with E-state index in [0.717, 1.165) is 23.6 Å². The number of thioether (sulfide) groups is 1. The van der Waals surface area contributed by atoms with Gasteiger partial charge in [0.15, 0.2) is 0 Å². The number of anilines is 1. The Hall–Kier alpha value is -2.65. The van der Waals surface area contributed by atoms with Gasteiger partial charge < -0.3 is 5.73 Å². The van der Waals surface area contributed by atoms with Crippen molar-refractivity contribution in [2.75, 3.05) is 24.4 Å². The molecule has 1 aromatic carbocycles. The van der Waals surface area contributed by atoms with Crippen LogP contribution < -0.4 is 16.3 Å². The fraction of sp³-hybridized carbons (Fsp3) is 0.300. The van der Waals surface area contributed by atoms with Gasteiger partial charge in [-0.05, 0) is 36.9 Å². The molecule has 2 heterocycles. The van der Waals surface area contributed by atoms with Crippen molar-refractivity contribution in [2.45, 2.75) is 19.3 Å². The minimum absolute atomic E-state index is 0.413. The molecule has 2 aliphatic heterocycles. The van der Waals surface area contributed by atoms with Crippen LogP contribution in [0.5, 0.6) is 0 Å². The van der Waals surface area contributed by atoms with Crippen LogP contribution in [0, 0.1) is 23.2 Å². The van der Waals surface area contributed by atoms with E-state index in [1.54, 1.807) is 24.2 Å². The van der Waals surface area contributed by atoms with Gasteiger partial charge in [-0.1, -0.05) is 17.9 Å². The molecule has 0 bridgehead atoms. The van der Waals surface area contributed by atoms with Crippen molar-refractivity contribution in [1.82, 2.24) is 10.5 Å². The largest absolute Gasteiger partial charge is 0.387 e. The van der Waals surface area contributed by atoms with Crippen molar-refractivity contribution in [3.05, 3.63) is 52.1 Å². The van der Waals surface area contributed by atoms with Gasteiger partial charge in [-0.2, -0.15) is 10.8 Å². The minimum Gasteiger partial charge on any atom is -0.387 e. The summed E-state index contributed by atoms with van der Waals surface area (Å²) in [5.74, 6) is 8.11. The Morgan fingerprint density at radius 3 is 3.04 bits per heavy atom. The van der Waals surface area contributed by atoms with Crippen molar-refractivity contribution < 1.29 is 0 Å². The molecule has 0 amide bonds. The molecule has 0 aliphatic carbocycles. The molecule has 8 heteroatoms. The van der Waals surface area contributed by atoms with Gasteiger partial charge >= 0.3 is 0 Å². The van der Waals surface area contributed by atoms with Gasteiger partial charge in [0.1, 0.15) is 5.84 Å². The lowest BCUT2D eigenvalue weighted by Crippen LogP contribution is -2.47. The number of nitrogens with one attached hydrogen (secondary N) is 1. The average Bonchev–Trinajstić information content (AvgIpc) is 3.03. The van der Waals surface area contributed by atoms with E-state index in [-0.39, 0.29) is 0 Å². The zero-order valence-corrected chi connectivity index (χ0v) is 16.6. The van der Waals surface area contributed by atoms with Gasteiger partial charge in [-0.25, -0.2) is 4.99 Å². The molecular formula is C20H21BN6S. The second kappa shape index (κ2) is 9.52. The van der Waals surface area contributed by atoms with Crippen LogP contribution in [-0.2, 0) is 0 Å². The van der Waals surface area contributed by atoms with Crippen LogP contribution in [-0.4, -0.2) is 38.1 Å². The smallest absolute Gasteiger partial charge is 0.208 e. The number of rotatable bonds is 5. The van der Waals surface area contributed by atoms with Crippen LogP contribution in [0.25, 0.3) is 0 Å². The number of allylic oxidation sites excluding steroid dienone is 2. The predicted octanol–water partition coefficient (Wildman–Crippen LogP) is 2.23. The molecule has 2 aliphatic rings. The van der Waals surface area contributed by atoms with Crippen LogP contribution >= 0.6 is 11.8 Å². The minimum atomic E-state index is 0.413. The summed E-state index contributed by atoms with van der Waals surface area (Å²) >= 11 is 1.83. The molecule has 140 valence electrons. The van der Waals surface area contributed by atoms with Crippen molar-refractivity contribution in [3.8, 4) is 17.9 Å². The Bertz CT molecular complexity index is 932. The molecule has 2 radical (unpaired) electrons. The lowest BCUT2D eigenvalue weighted by Gasteiger charge is -2.27. The highest BCUT2D eigenvalue weighted by Crippen LogP contribution is 2.36. The van der Waals surface area contributed by atoms with E-state index >= 15 is 0 Å². The van der Waals surface area contributed by atoms with E-state index in [4.69, 9.17) is 19.0 Å². The van der Waals surface area contributed by atoms with E-state index < -0.39 is 0 Å². The van der Waals surface area contributed by atoms with E-state index in [1.807, 2.05) is 23.9 Å². The maximum Gasteiger partial charge on any atom is 0.208 e. The lowest BCUT2D eigenvalue weighted by molar-refractivity contribution is 0.384. The molecule has 3 N–H and O–H groups in total. The first-order chi connectivity index (χ1) is 13.5. The second-order valence-electron chi connectivity index (χ2n) is 6.48. The zero-order valence-electron chi connectivity index (χ0n) is 15.8. The topological polar surface area (TPSA) is 80.7 Å². The maximum atomic E-state index is 9.11. The van der Waals surface area contributed by atoms with Gasteiger partial charge in [-0.3, -0.25) is 9.93 Å². The Morgan fingerprint density at radius 2 is 2.25 bits per heavy atom. The Morgan fingerprint density at radius 1 is 1.39 bits per heavy atom. The number of benzene rings is 1. The summed E-state index contributed by atoms with van der Waals surface area (Å²) in [6.45, 7) is 0.413. The van der Waals surface area contributed by atoms with E-state index in [0.29, 0.717) is 30.8 Å². The van der Waals surface area contributed by atoms with Gasteiger partial charge in [-0.15, -0.1) is 11.8 Å². The van der Waals surface area contributed by atoms with Gasteiger partial charge in [0.25, 0.3) is 0 Å². The third-order valence-electron chi connectivity index (χ3n) is 4.15. The summed E-state index contributed by atoms with van der Waals surface area (Å²) in [5, 5.41) is 10.9. The summed E-state index contributed by atoms with van der Waals surface area (Å²) in [4.78, 5) is 7.09. The Balaban J connectivity index is 1.68. The first kappa shape index (κ1) is 20.1. The standard InChI is InChI=1S/C20H21BN6S/c1-26(21)25-27(17-7-4-6-16(11-17)14-22)9-3-2-5-15-12-19-18(8-10-28-19)24-20(23)13-15/h4,6-7,11-12,25H,5,8-10,13H2,1H3,(H2,23,24). The monoisotopic (exact) mass is 388 g/mol. The van der Waals surface area contributed by atoms with Gasteiger partial charge in [0.05, 0.1) is 29.6 Å². The van der Waals surface area contributed by atoms with Crippen LogP contribution in [0.3, 0.4) is 0 Å². The van der Waals surface area contributed by atoms with Crippen molar-refractivity contribution in [2.24, 2.45) is 10.7 Å². The van der Waals surface area contributed by atoms with E-state index in [9.17, 15) is 0 Å². The number of hydrogen-bond donors (Lipinski definition) is 2. The molecule has 6 nitrogen and oxygen atoms in total. The van der Waals surface area contributed by atoms with Crippen molar-refractivity contribution in [3.63, 3.8) is 0 Å². The Labute approximate surface area is 171 Å². The summed E-state index contributed by atoms with van der Waals surface area (Å²) in [7, 11) is 7.42. The third-order valence-corrected chi connectivity index (χ3v) is 5.22. The highest BCUT2D eigenvalue weighted by atomic mass is 32.2. The predicted molar refractivity (Wildman–Crippen MR) is 116 cm³/mol. The second-order valence-corrected chi connectivity index (χ2v) is 7.62. The van der Waals surface area contributed by atoms with Crippen molar-refractivity contribution in [1.29, 1.82) is 5.26 Å². The first-order valence-electron chi connectivity index (χ1n) is 8.91. The van der Waals surface area contributed by atoms with Gasteiger partial charge in [0, 0.05) is 29.9 Å². The number of hydrazine groups is 2. The fourth-order valence-corrected chi connectivity index (χ4v) is 4.00. The number of nitrogens with two attached hydrogens (primary N) is 1. The van der Waals surface area contributed by atoms with E-state index in [1.165, 1.54) is 15.4 Å². The molecule has 0 saturated carbocycles. The third kappa shape index (κ3) is 5.43. The number of nitrogens with zero attached hydrogens (tertiary/aromatic N) is 4. The lowest BCUT2D eigenvalue weighted by atomic mass is 10.1. The average molecular weight is 388 g/mol. The summed E-state index contributed by atoms with van der Waals surface area (Å²) in [6.07, 6.45) is 4.45. The molecule has 0 atom stereocenters. The fourth-order valence-electron chi connectivity index (χ4n) is 2.92. The molecular weight excluding hydrogens is 367 g/mol. The Kier molecular flexibility index (Phi) is 6.83. The molecule has 0 spiro atoms. The highest BCUT2D eigenvalue weighted by molar-refractivity contribution is 8.03. The normalized spacial score (nSPS) is 15.8. The molecule has 28 heavy (non-hydrogen) atoms. The molecule has 3 rings (SSSR count). The summed E-state index contributed by atoms with van der Waals surface area (Å²) in [6, 6.07) is 9.41. The maximum absolute atomic E-state index is 9.11.